The molecule has 2 unspecified atom stereocenters. The summed E-state index contributed by atoms with van der Waals surface area (Å²) in [6, 6.07) is 14.8. The molecule has 0 aliphatic heterocycles. The van der Waals surface area contributed by atoms with Gasteiger partial charge in [0, 0.05) is 0 Å². The van der Waals surface area contributed by atoms with Gasteiger partial charge in [0.2, 0.25) is 5.91 Å². The molecule has 0 spiro atoms. The van der Waals surface area contributed by atoms with E-state index in [1.54, 1.807) is 25.1 Å². The highest BCUT2D eigenvalue weighted by Crippen LogP contribution is 2.41. The summed E-state index contributed by atoms with van der Waals surface area (Å²) in [5.41, 5.74) is 3.44. The van der Waals surface area contributed by atoms with Gasteiger partial charge < -0.3 is 9.73 Å². The van der Waals surface area contributed by atoms with Gasteiger partial charge in [0.05, 0.1) is 11.6 Å². The van der Waals surface area contributed by atoms with Crippen LogP contribution in [0.2, 0.25) is 0 Å². The third-order valence-electron chi connectivity index (χ3n) is 5.11. The normalized spacial score (nSPS) is 16.4. The topological polar surface area (TPSA) is 64.2 Å². The highest BCUT2D eigenvalue weighted by molar-refractivity contribution is 5.83. The summed E-state index contributed by atoms with van der Waals surface area (Å²) in [4.78, 5) is 25.1. The van der Waals surface area contributed by atoms with Crippen LogP contribution >= 0.6 is 0 Å². The van der Waals surface area contributed by atoms with Crippen LogP contribution in [-0.2, 0) is 4.79 Å². The molecular formula is C21H22N2O3. The second-order valence-corrected chi connectivity index (χ2v) is 7.12. The minimum Gasteiger partial charge on any atom is -0.408 e. The molecule has 1 N–H and O–H groups in total. The fraction of sp³-hybridized carbons (Fsp3) is 0.333. The number of para-hydroxylation sites is 2. The number of rotatable bonds is 5. The fourth-order valence-electron chi connectivity index (χ4n) is 3.42. The minimum atomic E-state index is -0.641. The van der Waals surface area contributed by atoms with Gasteiger partial charge in [-0.2, -0.15) is 0 Å². The molecule has 0 saturated heterocycles. The predicted molar refractivity (Wildman–Crippen MR) is 100.0 cm³/mol. The number of carbonyl (C=O) groups excluding carboxylic acids is 1. The fourth-order valence-corrected chi connectivity index (χ4v) is 3.42. The Morgan fingerprint density at radius 3 is 2.54 bits per heavy atom. The highest BCUT2D eigenvalue weighted by Gasteiger charge is 2.34. The Kier molecular flexibility index (Phi) is 4.15. The average molecular weight is 350 g/mol. The van der Waals surface area contributed by atoms with Crippen LogP contribution < -0.4 is 11.1 Å². The first-order chi connectivity index (χ1) is 12.5. The standard InChI is InChI=1S/C21H22N2O3/c1-13-7-9-15(10-8-13)19(16-11-12-16)22-20(24)14(2)23-17-5-3-4-6-18(17)26-21(23)25/h3-10,14,16,19H,11-12H2,1-2H3,(H,22,24). The van der Waals surface area contributed by atoms with Crippen LogP contribution in [0.3, 0.4) is 0 Å². The zero-order valence-electron chi connectivity index (χ0n) is 14.9. The summed E-state index contributed by atoms with van der Waals surface area (Å²) in [5.74, 6) is -0.213. The molecule has 26 heavy (non-hydrogen) atoms. The van der Waals surface area contributed by atoms with Crippen molar-refractivity contribution in [3.63, 3.8) is 0 Å². The molecule has 5 heteroatoms. The van der Waals surface area contributed by atoms with E-state index in [2.05, 4.69) is 29.6 Å². The molecule has 1 aromatic heterocycles. The Balaban J connectivity index is 1.60. The van der Waals surface area contributed by atoms with Crippen molar-refractivity contribution in [3.8, 4) is 0 Å². The van der Waals surface area contributed by atoms with E-state index in [0.717, 1.165) is 18.4 Å². The van der Waals surface area contributed by atoms with Gasteiger partial charge >= 0.3 is 5.76 Å². The van der Waals surface area contributed by atoms with Crippen molar-refractivity contribution in [3.05, 3.63) is 70.2 Å². The molecular weight excluding hydrogens is 328 g/mol. The lowest BCUT2D eigenvalue weighted by Gasteiger charge is -2.22. The van der Waals surface area contributed by atoms with Crippen LogP contribution in [0.1, 0.15) is 43.0 Å². The monoisotopic (exact) mass is 350 g/mol. The molecule has 4 rings (SSSR count). The summed E-state index contributed by atoms with van der Waals surface area (Å²) >= 11 is 0. The molecule has 1 aliphatic carbocycles. The van der Waals surface area contributed by atoms with Crippen LogP contribution in [-0.4, -0.2) is 10.5 Å². The number of hydrogen-bond acceptors (Lipinski definition) is 3. The Bertz CT molecular complexity index is 996. The average Bonchev–Trinajstić information content (AvgIpc) is 3.41. The van der Waals surface area contributed by atoms with Crippen LogP contribution in [0.4, 0.5) is 0 Å². The molecule has 1 heterocycles. The lowest BCUT2D eigenvalue weighted by Crippen LogP contribution is -2.37. The number of fused-ring (bicyclic) bond motifs is 1. The molecule has 1 fully saturated rings. The van der Waals surface area contributed by atoms with Gasteiger partial charge in [0.1, 0.15) is 6.04 Å². The number of hydrogen-bond donors (Lipinski definition) is 1. The van der Waals surface area contributed by atoms with Gasteiger partial charge in [0.25, 0.3) is 0 Å². The number of carbonyl (C=O) groups is 1. The van der Waals surface area contributed by atoms with Crippen LogP contribution in [0.15, 0.2) is 57.7 Å². The van der Waals surface area contributed by atoms with Crippen molar-refractivity contribution < 1.29 is 9.21 Å². The number of oxazole rings is 1. The predicted octanol–water partition coefficient (Wildman–Crippen LogP) is 3.73. The van der Waals surface area contributed by atoms with Crippen molar-refractivity contribution in [1.82, 2.24) is 9.88 Å². The second kappa shape index (κ2) is 6.48. The first-order valence-electron chi connectivity index (χ1n) is 9.01. The largest absolute Gasteiger partial charge is 0.420 e. The van der Waals surface area contributed by atoms with Crippen molar-refractivity contribution >= 4 is 17.0 Å². The maximum Gasteiger partial charge on any atom is 0.420 e. The van der Waals surface area contributed by atoms with E-state index in [1.165, 1.54) is 10.1 Å². The second-order valence-electron chi connectivity index (χ2n) is 7.12. The summed E-state index contributed by atoms with van der Waals surface area (Å²) in [6.07, 6.45) is 2.23. The summed E-state index contributed by atoms with van der Waals surface area (Å²) in [6.45, 7) is 3.78. The Hall–Kier alpha value is -2.82. The summed E-state index contributed by atoms with van der Waals surface area (Å²) in [5, 5.41) is 3.15. The minimum absolute atomic E-state index is 0.0144. The van der Waals surface area contributed by atoms with Gasteiger partial charge in [-0.25, -0.2) is 4.79 Å². The van der Waals surface area contributed by atoms with Gasteiger partial charge in [-0.05, 0) is 50.3 Å². The van der Waals surface area contributed by atoms with E-state index in [-0.39, 0.29) is 11.9 Å². The molecule has 1 amide bonds. The number of amides is 1. The van der Waals surface area contributed by atoms with E-state index in [0.29, 0.717) is 17.0 Å². The zero-order chi connectivity index (χ0) is 18.3. The van der Waals surface area contributed by atoms with Gasteiger partial charge in [0.15, 0.2) is 5.58 Å². The Morgan fingerprint density at radius 1 is 1.15 bits per heavy atom. The van der Waals surface area contributed by atoms with E-state index >= 15 is 0 Å². The van der Waals surface area contributed by atoms with Crippen molar-refractivity contribution in [2.75, 3.05) is 0 Å². The Morgan fingerprint density at radius 2 is 1.85 bits per heavy atom. The number of aryl methyl sites for hydroxylation is 1. The van der Waals surface area contributed by atoms with E-state index in [1.807, 2.05) is 13.0 Å². The number of nitrogens with zero attached hydrogens (tertiary/aromatic N) is 1. The van der Waals surface area contributed by atoms with Gasteiger partial charge in [-0.15, -0.1) is 0 Å². The molecule has 1 saturated carbocycles. The lowest BCUT2D eigenvalue weighted by molar-refractivity contribution is -0.124. The third kappa shape index (κ3) is 3.05. The van der Waals surface area contributed by atoms with Crippen LogP contribution in [0.25, 0.3) is 11.1 Å². The van der Waals surface area contributed by atoms with Gasteiger partial charge in [-0.1, -0.05) is 42.0 Å². The SMILES string of the molecule is Cc1ccc(C(NC(=O)C(C)n2c(=O)oc3ccccc32)C2CC2)cc1. The molecule has 1 aliphatic rings. The first-order valence-corrected chi connectivity index (χ1v) is 9.01. The number of aromatic nitrogens is 1. The highest BCUT2D eigenvalue weighted by atomic mass is 16.4. The van der Waals surface area contributed by atoms with Gasteiger partial charge in [-0.3, -0.25) is 9.36 Å². The molecule has 134 valence electrons. The third-order valence-corrected chi connectivity index (χ3v) is 5.11. The smallest absolute Gasteiger partial charge is 0.408 e. The van der Waals surface area contributed by atoms with E-state index in [9.17, 15) is 9.59 Å². The quantitative estimate of drug-likeness (QED) is 0.762. The lowest BCUT2D eigenvalue weighted by atomic mass is 10.0. The molecule has 5 nitrogen and oxygen atoms in total. The van der Waals surface area contributed by atoms with Crippen molar-refractivity contribution in [2.24, 2.45) is 5.92 Å². The van der Waals surface area contributed by atoms with E-state index in [4.69, 9.17) is 4.42 Å². The number of benzene rings is 2. The molecule has 3 aromatic rings. The Labute approximate surface area is 151 Å². The van der Waals surface area contributed by atoms with Crippen molar-refractivity contribution in [2.45, 2.75) is 38.8 Å². The van der Waals surface area contributed by atoms with E-state index < -0.39 is 11.8 Å². The molecule has 2 aromatic carbocycles. The zero-order valence-corrected chi connectivity index (χ0v) is 14.9. The molecule has 2 atom stereocenters. The summed E-state index contributed by atoms with van der Waals surface area (Å²) in [7, 11) is 0. The number of nitrogens with one attached hydrogen (secondary N) is 1. The maximum absolute atomic E-state index is 12.9. The molecule has 0 radical (unpaired) electrons. The van der Waals surface area contributed by atoms with Crippen LogP contribution in [0, 0.1) is 12.8 Å². The first kappa shape index (κ1) is 16.6. The maximum atomic E-state index is 12.9. The summed E-state index contributed by atoms with van der Waals surface area (Å²) < 4.78 is 6.68. The van der Waals surface area contributed by atoms with Crippen LogP contribution in [0.5, 0.6) is 0 Å². The molecule has 0 bridgehead atoms. The van der Waals surface area contributed by atoms with Crippen molar-refractivity contribution in [1.29, 1.82) is 0 Å².